The molecule has 12 heterocycles. The van der Waals surface area contributed by atoms with E-state index in [0.717, 1.165) is 68.3 Å². The Morgan fingerprint density at radius 2 is 0.243 bits per heavy atom. The molecule has 2 radical (unpaired) electrons. The first kappa shape index (κ1) is 128. The van der Waals surface area contributed by atoms with Gasteiger partial charge in [0.2, 0.25) is 0 Å². The summed E-state index contributed by atoms with van der Waals surface area (Å²) >= 11 is 0. The minimum Gasteiger partial charge on any atom is -2.00 e. The molecule has 0 aliphatic heterocycles. The van der Waals surface area contributed by atoms with Crippen LogP contribution in [0.1, 0.15) is 0 Å². The van der Waals surface area contributed by atoms with Crippen LogP contribution in [-0.4, -0.2) is 161 Å². The van der Waals surface area contributed by atoms with Crippen LogP contribution in [0.25, 0.3) is 68.3 Å². The number of aromatic nitrogens is 12. The van der Waals surface area contributed by atoms with Gasteiger partial charge in [-0.15, -0.1) is 0 Å². The Morgan fingerprint density at radius 1 is 0.178 bits per heavy atom. The van der Waals surface area contributed by atoms with Crippen molar-refractivity contribution in [2.45, 2.75) is 0 Å². The summed E-state index contributed by atoms with van der Waals surface area (Å²) < 4.78 is 0. The van der Waals surface area contributed by atoms with Crippen LogP contribution < -0.4 is 43.0 Å². The molecule has 0 aromatic carbocycles. The minimum absolute atomic E-state index is 0. The van der Waals surface area contributed by atoms with Gasteiger partial charge < -0.3 is 143 Å². The number of pyridine rings is 12. The Labute approximate surface area is 652 Å². The van der Waals surface area contributed by atoms with Gasteiger partial charge in [0.15, 0.2) is 0 Å². The van der Waals surface area contributed by atoms with Crippen LogP contribution >= 0.6 is 0 Å². The number of carbonyl (C=O) groups excluding carboxylic acids is 6. The second-order valence-corrected chi connectivity index (χ2v) is 16.3. The van der Waals surface area contributed by atoms with Crippen molar-refractivity contribution in [2.75, 3.05) is 0 Å². The fourth-order valence-corrected chi connectivity index (χ4v) is 6.17. The SMILES string of the molecule is O.O.O.O.O.O.O.O.O.O.O.O.O=C([O-])C(=O)[O-].O=C([O-])C(=O)[O-].O=C([O-])C(=O)[O-].[Cl-].[Cu+2].[Cu+2].[Nb+5].[O-2].c1ccc(-c2ccccn2)nc1.c1ccc(-c2ccccn2)nc1.c1ccc(-c2ccccn2)nc1.c1ccc(-c2ccccn2)nc1.c1ccc(-c2ccccn2)nc1.c1ccc(-c2ccccn2)nc1. The zero-order valence-corrected chi connectivity index (χ0v) is 59.7. The average molecular weight is 1690 g/mol. The van der Waals surface area contributed by atoms with Gasteiger partial charge in [-0.05, 0) is 146 Å². The number of nitrogens with zero attached hydrogens (tertiary/aromatic N) is 12. The molecule has 12 aromatic heterocycles. The monoisotopic (exact) mass is 1690 g/mol. The molecule has 0 atom stereocenters. The summed E-state index contributed by atoms with van der Waals surface area (Å²) in [6, 6.07) is 69.6. The topological polar surface area (TPSA) is 802 Å². The van der Waals surface area contributed by atoms with Crippen LogP contribution in [0.4, 0.5) is 0 Å². The fraction of sp³-hybridized carbons (Fsp3) is 0. The Balaban J connectivity index is -0.0000000751. The van der Waals surface area contributed by atoms with Gasteiger partial charge >= 0.3 is 56.5 Å². The second-order valence-electron chi connectivity index (χ2n) is 16.3. The zero-order chi connectivity index (χ0) is 64.8. The molecule has 0 aliphatic rings. The molecule has 0 saturated carbocycles. The van der Waals surface area contributed by atoms with Gasteiger partial charge in [0.25, 0.3) is 0 Å². The molecule has 0 saturated heterocycles. The molecule has 24 N–H and O–H groups in total. The number of halogens is 1. The van der Waals surface area contributed by atoms with Crippen molar-refractivity contribution >= 4 is 35.8 Å². The Bertz CT molecular complexity index is 3080. The smallest absolute Gasteiger partial charge is 2.00 e. The summed E-state index contributed by atoms with van der Waals surface area (Å²) in [7, 11) is 0. The first-order chi connectivity index (χ1) is 43.7. The van der Waals surface area contributed by atoms with Gasteiger partial charge in [0, 0.05) is 74.4 Å². The maximum atomic E-state index is 8.93. The predicted molar refractivity (Wildman–Crippen MR) is 359 cm³/mol. The summed E-state index contributed by atoms with van der Waals surface area (Å²) in [5.41, 5.74) is 11.0. The molecule has 580 valence electrons. The molecule has 0 aliphatic carbocycles. The van der Waals surface area contributed by atoms with E-state index in [2.05, 4.69) is 59.8 Å². The van der Waals surface area contributed by atoms with Crippen LogP contribution in [0.15, 0.2) is 293 Å². The van der Waals surface area contributed by atoms with Crippen molar-refractivity contribution in [2.24, 2.45) is 0 Å². The number of carboxylic acids is 6. The molecule has 0 fully saturated rings. The van der Waals surface area contributed by atoms with Crippen LogP contribution in [0.5, 0.6) is 0 Å². The summed E-state index contributed by atoms with van der Waals surface area (Å²) in [6.07, 6.45) is 21.2. The molecule has 41 heteroatoms. The molecule has 12 rings (SSSR count). The van der Waals surface area contributed by atoms with E-state index in [1.165, 1.54) is 0 Å². The predicted octanol–water partition coefficient (Wildman–Crippen LogP) is -10.7. The Kier molecular flexibility index (Phi) is 93.7. The van der Waals surface area contributed by atoms with Gasteiger partial charge in [0.1, 0.15) is 0 Å². The molecule has 0 amide bonds. The zero-order valence-electron chi connectivity index (χ0n) is 54.8. The molecular formula is C66H72ClCu2N12NbO25. The van der Waals surface area contributed by atoms with Crippen molar-refractivity contribution in [1.29, 1.82) is 0 Å². The van der Waals surface area contributed by atoms with E-state index < -0.39 is 35.8 Å². The van der Waals surface area contributed by atoms with Crippen LogP contribution in [0.2, 0.25) is 0 Å². The van der Waals surface area contributed by atoms with Gasteiger partial charge in [-0.25, -0.2) is 0 Å². The third kappa shape index (κ3) is 55.4. The second kappa shape index (κ2) is 78.3. The molecule has 0 unspecified atom stereocenters. The average Bonchev–Trinajstić information content (AvgIpc) is 0.932. The van der Waals surface area contributed by atoms with Gasteiger partial charge in [-0.3, -0.25) is 59.8 Å². The number of carboxylic acid groups (broad SMARTS) is 6. The number of hydrogen-bond acceptors (Lipinski definition) is 24. The molecule has 37 nitrogen and oxygen atoms in total. The number of aliphatic carboxylic acids is 6. The van der Waals surface area contributed by atoms with E-state index in [-0.39, 0.29) is 140 Å². The third-order valence-corrected chi connectivity index (χ3v) is 10.1. The standard InChI is InChI=1S/6C10H8N2.3C2H2O4.ClH.2Cu.Nb.12H2O.O/c6*1-3-7-11-9(5-1)10-6-2-4-8-12-10;3*3-1(4)2(5)6;;;;;;;;;;;;;;;;;/h6*1-8H;3*(H,3,4)(H,5,6);1H;;;;12*1H2;/q;;;;;;;;;;2*+2;+5;;;;;;;;;;;;;-2/p-7. The van der Waals surface area contributed by atoms with Crippen molar-refractivity contribution in [1.82, 2.24) is 59.8 Å². The summed E-state index contributed by atoms with van der Waals surface area (Å²) in [6.45, 7) is 0. The fourth-order valence-electron chi connectivity index (χ4n) is 6.17. The van der Waals surface area contributed by atoms with E-state index in [4.69, 9.17) is 59.4 Å². The number of hydrogen-bond donors (Lipinski definition) is 0. The van der Waals surface area contributed by atoms with Gasteiger partial charge in [-0.2, -0.15) is 0 Å². The molecule has 107 heavy (non-hydrogen) atoms. The third-order valence-electron chi connectivity index (χ3n) is 10.1. The van der Waals surface area contributed by atoms with E-state index in [9.17, 15) is 0 Å². The number of rotatable bonds is 6. The maximum absolute atomic E-state index is 8.93. The number of carbonyl (C=O) groups is 6. The summed E-state index contributed by atoms with van der Waals surface area (Å²) in [4.78, 5) is 104. The van der Waals surface area contributed by atoms with E-state index in [0.29, 0.717) is 0 Å². The normalized spacial score (nSPS) is 7.74. The Hall–Kier alpha value is -11.8. The van der Waals surface area contributed by atoms with Crippen molar-refractivity contribution in [3.63, 3.8) is 0 Å². The first-order valence-electron chi connectivity index (χ1n) is 25.9. The van der Waals surface area contributed by atoms with Crippen LogP contribution in [0.3, 0.4) is 0 Å². The van der Waals surface area contributed by atoms with E-state index >= 15 is 0 Å². The largest absolute Gasteiger partial charge is 5.00 e. The van der Waals surface area contributed by atoms with Gasteiger partial charge in [0.05, 0.1) is 104 Å². The molecular weight excluding hydrogens is 1620 g/mol. The molecule has 0 spiro atoms. The van der Waals surface area contributed by atoms with Crippen molar-refractivity contribution in [3.05, 3.63) is 293 Å². The van der Waals surface area contributed by atoms with E-state index in [1.807, 2.05) is 218 Å². The van der Waals surface area contributed by atoms with Crippen LogP contribution in [-0.2, 0) is 90.8 Å². The van der Waals surface area contributed by atoms with E-state index in [1.54, 1.807) is 74.4 Å². The van der Waals surface area contributed by atoms with Crippen molar-refractivity contribution < 1.29 is 200 Å². The first-order valence-corrected chi connectivity index (χ1v) is 25.9. The van der Waals surface area contributed by atoms with Gasteiger partial charge in [-0.1, -0.05) is 72.8 Å². The summed E-state index contributed by atoms with van der Waals surface area (Å²) in [5.74, 6) is -13.1. The molecule has 12 aromatic rings. The van der Waals surface area contributed by atoms with Crippen LogP contribution in [0, 0.1) is 0 Å². The van der Waals surface area contributed by atoms with Crippen molar-refractivity contribution in [3.8, 4) is 68.3 Å². The molecule has 0 bridgehead atoms. The summed E-state index contributed by atoms with van der Waals surface area (Å²) in [5, 5.41) is 53.6. The maximum Gasteiger partial charge on any atom is 5.00 e. The minimum atomic E-state index is -2.19. The Morgan fingerprint density at radius 3 is 0.280 bits per heavy atom. The quantitative estimate of drug-likeness (QED) is 0.110.